The molecule has 0 aromatic heterocycles. The average Bonchev–Trinajstić information content (AvgIpc) is 2.94. The summed E-state index contributed by atoms with van der Waals surface area (Å²) < 4.78 is 0. The highest BCUT2D eigenvalue weighted by Gasteiger charge is 2.29. The molecule has 0 bridgehead atoms. The zero-order valence-corrected chi connectivity index (χ0v) is 13.1. The van der Waals surface area contributed by atoms with Gasteiger partial charge in [-0.15, -0.1) is 0 Å². The van der Waals surface area contributed by atoms with Crippen LogP contribution in [0.3, 0.4) is 0 Å². The van der Waals surface area contributed by atoms with Crippen LogP contribution in [0.15, 0.2) is 24.3 Å². The van der Waals surface area contributed by atoms with Gasteiger partial charge in [0.15, 0.2) is 0 Å². The number of amides is 1. The van der Waals surface area contributed by atoms with Crippen LogP contribution >= 0.6 is 11.6 Å². The van der Waals surface area contributed by atoms with Gasteiger partial charge < -0.3 is 10.4 Å². The molecule has 2 atom stereocenters. The molecule has 116 valence electrons. The Hall–Kier alpha value is -1.10. The Morgan fingerprint density at radius 1 is 1.48 bits per heavy atom. The lowest BCUT2D eigenvalue weighted by atomic mass is 10.1. The second-order valence-corrected chi connectivity index (χ2v) is 5.94. The summed E-state index contributed by atoms with van der Waals surface area (Å²) in [4.78, 5) is 14.5. The molecule has 1 amide bonds. The molecule has 4 nitrogen and oxygen atoms in total. The molecular formula is C16H23ClN2O2. The Bertz CT molecular complexity index is 464. The van der Waals surface area contributed by atoms with Crippen LogP contribution in [0.1, 0.15) is 37.9 Å². The predicted octanol–water partition coefficient (Wildman–Crippen LogP) is 2.36. The van der Waals surface area contributed by atoms with Crippen LogP contribution in [0, 0.1) is 0 Å². The number of carbonyl (C=O) groups is 1. The van der Waals surface area contributed by atoms with Crippen LogP contribution in [-0.2, 0) is 4.79 Å². The van der Waals surface area contributed by atoms with Crippen molar-refractivity contribution in [3.63, 3.8) is 0 Å². The number of hydrogen-bond acceptors (Lipinski definition) is 3. The highest BCUT2D eigenvalue weighted by Crippen LogP contribution is 2.19. The fourth-order valence-electron chi connectivity index (χ4n) is 2.80. The quantitative estimate of drug-likeness (QED) is 0.848. The number of carbonyl (C=O) groups excluding carboxylic acids is 1. The minimum atomic E-state index is -0.702. The van der Waals surface area contributed by atoms with Gasteiger partial charge in [-0.25, -0.2) is 0 Å². The smallest absolute Gasteiger partial charge is 0.237 e. The number of halogens is 1. The lowest BCUT2D eigenvalue weighted by Gasteiger charge is -2.23. The van der Waals surface area contributed by atoms with Crippen LogP contribution in [0.25, 0.3) is 0 Å². The van der Waals surface area contributed by atoms with Crippen molar-refractivity contribution in [3.05, 3.63) is 34.9 Å². The van der Waals surface area contributed by atoms with Gasteiger partial charge in [-0.1, -0.05) is 30.7 Å². The van der Waals surface area contributed by atoms with E-state index in [1.165, 1.54) is 0 Å². The fraction of sp³-hybridized carbons (Fsp3) is 0.562. The van der Waals surface area contributed by atoms with Crippen molar-refractivity contribution in [1.29, 1.82) is 0 Å². The molecule has 21 heavy (non-hydrogen) atoms. The highest BCUT2D eigenvalue weighted by atomic mass is 35.5. The van der Waals surface area contributed by atoms with E-state index in [0.717, 1.165) is 37.9 Å². The second kappa shape index (κ2) is 7.78. The van der Waals surface area contributed by atoms with Crippen LogP contribution in [0.4, 0.5) is 0 Å². The zero-order chi connectivity index (χ0) is 15.2. The molecule has 0 saturated carbocycles. The fourth-order valence-corrected chi connectivity index (χ4v) is 2.92. The Kier molecular flexibility index (Phi) is 6.03. The first kappa shape index (κ1) is 16.3. The van der Waals surface area contributed by atoms with Gasteiger partial charge in [-0.3, -0.25) is 9.69 Å². The average molecular weight is 311 g/mol. The molecule has 0 radical (unpaired) electrons. The molecule has 1 aromatic carbocycles. The van der Waals surface area contributed by atoms with Crippen LogP contribution in [0.2, 0.25) is 5.02 Å². The van der Waals surface area contributed by atoms with Crippen LogP contribution < -0.4 is 5.32 Å². The summed E-state index contributed by atoms with van der Waals surface area (Å²) in [6, 6.07) is 6.99. The van der Waals surface area contributed by atoms with Crippen molar-refractivity contribution < 1.29 is 9.90 Å². The van der Waals surface area contributed by atoms with Gasteiger partial charge in [0.05, 0.1) is 12.1 Å². The van der Waals surface area contributed by atoms with E-state index in [9.17, 15) is 9.90 Å². The number of rotatable bonds is 6. The van der Waals surface area contributed by atoms with Gasteiger partial charge in [0, 0.05) is 11.6 Å². The summed E-state index contributed by atoms with van der Waals surface area (Å²) in [6.45, 7) is 4.30. The van der Waals surface area contributed by atoms with Crippen molar-refractivity contribution in [3.8, 4) is 0 Å². The van der Waals surface area contributed by atoms with Gasteiger partial charge in [0.2, 0.25) is 5.91 Å². The molecular weight excluding hydrogens is 288 g/mol. The Morgan fingerprint density at radius 3 is 2.86 bits per heavy atom. The van der Waals surface area contributed by atoms with Crippen LogP contribution in [0.5, 0.6) is 0 Å². The van der Waals surface area contributed by atoms with Crippen molar-refractivity contribution in [2.45, 2.75) is 38.3 Å². The number of benzene rings is 1. The lowest BCUT2D eigenvalue weighted by molar-refractivity contribution is -0.125. The predicted molar refractivity (Wildman–Crippen MR) is 84.3 cm³/mol. The maximum atomic E-state index is 12.2. The number of aliphatic hydroxyl groups excluding tert-OH is 1. The standard InChI is InChI=1S/C16H23ClN2O2/c1-2-9-19-10-3-4-14(19)16(21)18-11-15(20)12-5-7-13(17)8-6-12/h5-8,14-15,20H,2-4,9-11H2,1H3,(H,18,21). The van der Waals surface area contributed by atoms with E-state index in [1.807, 2.05) is 0 Å². The molecule has 0 aliphatic carbocycles. The van der Waals surface area contributed by atoms with E-state index in [4.69, 9.17) is 11.6 Å². The van der Waals surface area contributed by atoms with Crippen molar-refractivity contribution in [2.24, 2.45) is 0 Å². The zero-order valence-electron chi connectivity index (χ0n) is 12.4. The molecule has 2 rings (SSSR count). The van der Waals surface area contributed by atoms with Crippen molar-refractivity contribution in [1.82, 2.24) is 10.2 Å². The molecule has 1 saturated heterocycles. The minimum absolute atomic E-state index is 0.0222. The summed E-state index contributed by atoms with van der Waals surface area (Å²) >= 11 is 5.82. The SMILES string of the molecule is CCCN1CCCC1C(=O)NCC(O)c1ccc(Cl)cc1. The Morgan fingerprint density at radius 2 is 2.19 bits per heavy atom. The summed E-state index contributed by atoms with van der Waals surface area (Å²) in [6.07, 6.45) is 2.32. The summed E-state index contributed by atoms with van der Waals surface area (Å²) in [5.41, 5.74) is 0.761. The summed E-state index contributed by atoms with van der Waals surface area (Å²) in [5.74, 6) is 0.0222. The number of aliphatic hydroxyl groups is 1. The maximum absolute atomic E-state index is 12.2. The van der Waals surface area contributed by atoms with E-state index in [1.54, 1.807) is 24.3 Å². The molecule has 2 unspecified atom stereocenters. The van der Waals surface area contributed by atoms with E-state index >= 15 is 0 Å². The van der Waals surface area contributed by atoms with Gasteiger partial charge in [-0.05, 0) is 50.0 Å². The topological polar surface area (TPSA) is 52.6 Å². The molecule has 1 aliphatic heterocycles. The van der Waals surface area contributed by atoms with Crippen LogP contribution in [-0.4, -0.2) is 41.6 Å². The number of likely N-dealkylation sites (tertiary alicyclic amines) is 1. The van der Waals surface area contributed by atoms with Gasteiger partial charge in [0.1, 0.15) is 0 Å². The van der Waals surface area contributed by atoms with E-state index < -0.39 is 6.10 Å². The Labute approximate surface area is 131 Å². The molecule has 1 aromatic rings. The third-order valence-electron chi connectivity index (χ3n) is 3.90. The molecule has 1 heterocycles. The largest absolute Gasteiger partial charge is 0.387 e. The first-order chi connectivity index (χ1) is 10.1. The first-order valence-electron chi connectivity index (χ1n) is 7.57. The summed E-state index contributed by atoms with van der Waals surface area (Å²) in [5, 5.41) is 13.6. The monoisotopic (exact) mass is 310 g/mol. The molecule has 5 heteroatoms. The highest BCUT2D eigenvalue weighted by molar-refractivity contribution is 6.30. The Balaban J connectivity index is 1.84. The lowest BCUT2D eigenvalue weighted by Crippen LogP contribution is -2.44. The molecule has 0 spiro atoms. The van der Waals surface area contributed by atoms with Gasteiger partial charge >= 0.3 is 0 Å². The van der Waals surface area contributed by atoms with Crippen molar-refractivity contribution in [2.75, 3.05) is 19.6 Å². The van der Waals surface area contributed by atoms with Gasteiger partial charge in [-0.2, -0.15) is 0 Å². The normalized spacial score (nSPS) is 20.4. The number of nitrogens with one attached hydrogen (secondary N) is 1. The third-order valence-corrected chi connectivity index (χ3v) is 4.15. The molecule has 1 aliphatic rings. The van der Waals surface area contributed by atoms with E-state index in [-0.39, 0.29) is 18.5 Å². The van der Waals surface area contributed by atoms with Gasteiger partial charge in [0.25, 0.3) is 0 Å². The molecule has 2 N–H and O–H groups in total. The van der Waals surface area contributed by atoms with E-state index in [0.29, 0.717) is 5.02 Å². The second-order valence-electron chi connectivity index (χ2n) is 5.51. The maximum Gasteiger partial charge on any atom is 0.237 e. The number of hydrogen-bond donors (Lipinski definition) is 2. The number of nitrogens with zero attached hydrogens (tertiary/aromatic N) is 1. The first-order valence-corrected chi connectivity index (χ1v) is 7.95. The third kappa shape index (κ3) is 4.43. The summed E-state index contributed by atoms with van der Waals surface area (Å²) in [7, 11) is 0. The minimum Gasteiger partial charge on any atom is -0.387 e. The molecule has 1 fully saturated rings. The van der Waals surface area contributed by atoms with Crippen molar-refractivity contribution >= 4 is 17.5 Å². The van der Waals surface area contributed by atoms with E-state index in [2.05, 4.69) is 17.1 Å².